The average molecular weight is 444 g/mol. The Kier molecular flexibility index (Phi) is 6.13. The van der Waals surface area contributed by atoms with Crippen LogP contribution in [0.4, 0.5) is 11.4 Å². The SMILES string of the molecule is COc1ccc([C@@H]2[C@H](C(=O)Nc3cccc(NC(C)=O)c3)c3ccccc3C(=O)N2C)cc1. The highest BCUT2D eigenvalue weighted by molar-refractivity contribution is 6.04. The molecule has 2 N–H and O–H groups in total. The van der Waals surface area contributed by atoms with Crippen LogP contribution in [-0.4, -0.2) is 36.8 Å². The Bertz CT molecular complexity index is 1210. The third kappa shape index (κ3) is 4.43. The van der Waals surface area contributed by atoms with Gasteiger partial charge < -0.3 is 20.3 Å². The summed E-state index contributed by atoms with van der Waals surface area (Å²) in [6.07, 6.45) is 0. The average Bonchev–Trinajstić information content (AvgIpc) is 2.81. The summed E-state index contributed by atoms with van der Waals surface area (Å²) < 4.78 is 5.26. The molecule has 168 valence electrons. The summed E-state index contributed by atoms with van der Waals surface area (Å²) in [7, 11) is 3.30. The third-order valence-electron chi connectivity index (χ3n) is 5.77. The highest BCUT2D eigenvalue weighted by Crippen LogP contribution is 2.42. The van der Waals surface area contributed by atoms with Gasteiger partial charge in [-0.25, -0.2) is 0 Å². The number of carbonyl (C=O) groups is 3. The molecule has 1 aliphatic rings. The van der Waals surface area contributed by atoms with Crippen molar-refractivity contribution < 1.29 is 19.1 Å². The first-order valence-electron chi connectivity index (χ1n) is 10.6. The molecular formula is C26H25N3O4. The number of hydrogen-bond acceptors (Lipinski definition) is 4. The van der Waals surface area contributed by atoms with E-state index >= 15 is 0 Å². The smallest absolute Gasteiger partial charge is 0.254 e. The summed E-state index contributed by atoms with van der Waals surface area (Å²) >= 11 is 0. The van der Waals surface area contributed by atoms with Gasteiger partial charge in [-0.1, -0.05) is 36.4 Å². The van der Waals surface area contributed by atoms with Crippen molar-refractivity contribution in [2.24, 2.45) is 0 Å². The van der Waals surface area contributed by atoms with Gasteiger partial charge in [0.25, 0.3) is 5.91 Å². The number of likely N-dealkylation sites (N-methyl/N-ethyl adjacent to an activating group) is 1. The molecule has 1 heterocycles. The summed E-state index contributed by atoms with van der Waals surface area (Å²) in [4.78, 5) is 39.8. The Labute approximate surface area is 192 Å². The molecule has 0 radical (unpaired) electrons. The zero-order chi connectivity index (χ0) is 23.5. The highest BCUT2D eigenvalue weighted by atomic mass is 16.5. The summed E-state index contributed by atoms with van der Waals surface area (Å²) in [5.74, 6) is -0.522. The number of fused-ring (bicyclic) bond motifs is 1. The fourth-order valence-corrected chi connectivity index (χ4v) is 4.27. The van der Waals surface area contributed by atoms with Crippen molar-refractivity contribution in [3.8, 4) is 5.75 Å². The van der Waals surface area contributed by atoms with Crippen LogP contribution in [0.1, 0.15) is 40.4 Å². The van der Waals surface area contributed by atoms with Crippen molar-refractivity contribution in [3.05, 3.63) is 89.5 Å². The molecule has 3 aromatic rings. The first-order valence-corrected chi connectivity index (χ1v) is 10.6. The molecule has 0 fully saturated rings. The first-order chi connectivity index (χ1) is 15.9. The zero-order valence-electron chi connectivity index (χ0n) is 18.7. The van der Waals surface area contributed by atoms with Crippen molar-refractivity contribution in [1.29, 1.82) is 0 Å². The molecule has 0 spiro atoms. The van der Waals surface area contributed by atoms with E-state index in [0.29, 0.717) is 28.3 Å². The van der Waals surface area contributed by atoms with E-state index in [1.165, 1.54) is 6.92 Å². The van der Waals surface area contributed by atoms with Gasteiger partial charge >= 0.3 is 0 Å². The van der Waals surface area contributed by atoms with E-state index in [9.17, 15) is 14.4 Å². The third-order valence-corrected chi connectivity index (χ3v) is 5.77. The van der Waals surface area contributed by atoms with Gasteiger partial charge in [-0.05, 0) is 47.5 Å². The minimum atomic E-state index is -0.637. The van der Waals surface area contributed by atoms with Crippen LogP contribution < -0.4 is 15.4 Å². The van der Waals surface area contributed by atoms with Crippen LogP contribution >= 0.6 is 0 Å². The van der Waals surface area contributed by atoms with Gasteiger partial charge in [0.15, 0.2) is 0 Å². The van der Waals surface area contributed by atoms with E-state index in [2.05, 4.69) is 10.6 Å². The van der Waals surface area contributed by atoms with E-state index in [4.69, 9.17) is 4.74 Å². The number of methoxy groups -OCH3 is 1. The van der Waals surface area contributed by atoms with Crippen LogP contribution in [0.5, 0.6) is 5.75 Å². The Balaban J connectivity index is 1.74. The molecule has 3 amide bonds. The molecule has 7 heteroatoms. The molecule has 0 bridgehead atoms. The van der Waals surface area contributed by atoms with Crippen molar-refractivity contribution in [1.82, 2.24) is 4.90 Å². The molecular weight excluding hydrogens is 418 g/mol. The number of hydrogen-bond donors (Lipinski definition) is 2. The number of amides is 3. The Morgan fingerprint density at radius 2 is 1.58 bits per heavy atom. The zero-order valence-corrected chi connectivity index (χ0v) is 18.7. The Hall–Kier alpha value is -4.13. The van der Waals surface area contributed by atoms with Crippen molar-refractivity contribution in [2.75, 3.05) is 24.8 Å². The van der Waals surface area contributed by atoms with Crippen LogP contribution in [0.15, 0.2) is 72.8 Å². The molecule has 33 heavy (non-hydrogen) atoms. The van der Waals surface area contributed by atoms with Crippen LogP contribution in [0.2, 0.25) is 0 Å². The number of carbonyl (C=O) groups excluding carboxylic acids is 3. The van der Waals surface area contributed by atoms with Crippen molar-refractivity contribution >= 4 is 29.1 Å². The van der Waals surface area contributed by atoms with Gasteiger partial charge in [-0.15, -0.1) is 0 Å². The second kappa shape index (κ2) is 9.16. The highest BCUT2D eigenvalue weighted by Gasteiger charge is 2.42. The fourth-order valence-electron chi connectivity index (χ4n) is 4.27. The topological polar surface area (TPSA) is 87.7 Å². The molecule has 0 unspecified atom stereocenters. The normalized spacial score (nSPS) is 17.2. The number of ether oxygens (including phenoxy) is 1. The second-order valence-corrected chi connectivity index (χ2v) is 7.95. The summed E-state index contributed by atoms with van der Waals surface area (Å²) in [5.41, 5.74) is 3.15. The maximum atomic E-state index is 13.7. The van der Waals surface area contributed by atoms with Crippen LogP contribution in [0.25, 0.3) is 0 Å². The minimum absolute atomic E-state index is 0.136. The van der Waals surface area contributed by atoms with Gasteiger partial charge in [-0.3, -0.25) is 14.4 Å². The molecule has 4 rings (SSSR count). The van der Waals surface area contributed by atoms with Crippen LogP contribution in [0.3, 0.4) is 0 Å². The molecule has 0 saturated heterocycles. The van der Waals surface area contributed by atoms with E-state index in [1.54, 1.807) is 55.5 Å². The van der Waals surface area contributed by atoms with Crippen molar-refractivity contribution in [3.63, 3.8) is 0 Å². The number of benzene rings is 3. The van der Waals surface area contributed by atoms with Crippen LogP contribution in [-0.2, 0) is 9.59 Å². The summed E-state index contributed by atoms with van der Waals surface area (Å²) in [6, 6.07) is 21.1. The number of nitrogens with zero attached hydrogens (tertiary/aromatic N) is 1. The largest absolute Gasteiger partial charge is 0.497 e. The minimum Gasteiger partial charge on any atom is -0.497 e. The standard InChI is InChI=1S/C26H25N3O4/c1-16(30)27-18-7-6-8-19(15-18)28-25(31)23-21-9-4-5-10-22(21)26(32)29(2)24(23)17-11-13-20(33-3)14-12-17/h4-15,23-24H,1-3H3,(H,27,30)(H,28,31)/t23-,24-/m1/s1. The quantitative estimate of drug-likeness (QED) is 0.619. The monoisotopic (exact) mass is 443 g/mol. The number of anilines is 2. The van der Waals surface area contributed by atoms with Gasteiger partial charge in [0, 0.05) is 30.9 Å². The maximum absolute atomic E-state index is 13.7. The lowest BCUT2D eigenvalue weighted by Crippen LogP contribution is -2.44. The van der Waals surface area contributed by atoms with Gasteiger partial charge in [0.2, 0.25) is 11.8 Å². The lowest BCUT2D eigenvalue weighted by molar-refractivity contribution is -0.119. The maximum Gasteiger partial charge on any atom is 0.254 e. The number of rotatable bonds is 5. The Morgan fingerprint density at radius 1 is 0.909 bits per heavy atom. The Morgan fingerprint density at radius 3 is 2.24 bits per heavy atom. The van der Waals surface area contributed by atoms with E-state index < -0.39 is 12.0 Å². The predicted octanol–water partition coefficient (Wildman–Crippen LogP) is 4.20. The van der Waals surface area contributed by atoms with E-state index in [0.717, 1.165) is 5.56 Å². The van der Waals surface area contributed by atoms with Gasteiger partial charge in [0.1, 0.15) is 5.75 Å². The second-order valence-electron chi connectivity index (χ2n) is 7.95. The fraction of sp³-hybridized carbons (Fsp3) is 0.192. The lowest BCUT2D eigenvalue weighted by Gasteiger charge is -2.39. The molecule has 0 saturated carbocycles. The predicted molar refractivity (Wildman–Crippen MR) is 126 cm³/mol. The van der Waals surface area contributed by atoms with Crippen LogP contribution in [0, 0.1) is 0 Å². The molecule has 0 aromatic heterocycles. The van der Waals surface area contributed by atoms with E-state index in [1.807, 2.05) is 36.4 Å². The van der Waals surface area contributed by atoms with Gasteiger partial charge in [0.05, 0.1) is 19.1 Å². The lowest BCUT2D eigenvalue weighted by atomic mass is 9.79. The first kappa shape index (κ1) is 22.1. The molecule has 0 aliphatic carbocycles. The summed E-state index contributed by atoms with van der Waals surface area (Å²) in [6.45, 7) is 1.43. The van der Waals surface area contributed by atoms with E-state index in [-0.39, 0.29) is 17.7 Å². The molecule has 7 nitrogen and oxygen atoms in total. The molecule has 2 atom stereocenters. The molecule has 3 aromatic carbocycles. The number of nitrogens with one attached hydrogen (secondary N) is 2. The van der Waals surface area contributed by atoms with Gasteiger partial charge in [-0.2, -0.15) is 0 Å². The summed E-state index contributed by atoms with van der Waals surface area (Å²) in [5, 5.41) is 5.69. The van der Waals surface area contributed by atoms with Crippen molar-refractivity contribution in [2.45, 2.75) is 18.9 Å². The molecule has 1 aliphatic heterocycles.